The molecule has 10 aromatic rings. The van der Waals surface area contributed by atoms with Gasteiger partial charge < -0.3 is 18.6 Å². The molecule has 278 valence electrons. The van der Waals surface area contributed by atoms with Gasteiger partial charge in [0.2, 0.25) is 0 Å². The van der Waals surface area contributed by atoms with Gasteiger partial charge in [-0.15, -0.1) is 0 Å². The SMILES string of the molecule is C=CC1=C(C=C)C2(c3ccccc3Oc3ccccc32)c2cc(-c3ccc4c(c3)c3ccccc3n4-c3ccccc3)ccc2N1c1ccc2c(c1)oc1ccccc12. The third-order valence-corrected chi connectivity index (χ3v) is 12.4. The first-order valence-corrected chi connectivity index (χ1v) is 20.0. The lowest BCUT2D eigenvalue weighted by molar-refractivity contribution is 0.433. The maximum atomic E-state index is 6.70. The van der Waals surface area contributed by atoms with Gasteiger partial charge >= 0.3 is 0 Å². The van der Waals surface area contributed by atoms with Crippen molar-refractivity contribution in [2.24, 2.45) is 0 Å². The minimum absolute atomic E-state index is 0.782. The zero-order chi connectivity index (χ0) is 39.2. The Hall–Kier alpha value is -7.82. The molecule has 2 aliphatic heterocycles. The predicted octanol–water partition coefficient (Wildman–Crippen LogP) is 14.6. The van der Waals surface area contributed by atoms with Crippen molar-refractivity contribution in [1.82, 2.24) is 4.57 Å². The van der Waals surface area contributed by atoms with Crippen LogP contribution in [-0.2, 0) is 5.41 Å². The molecule has 0 unspecified atom stereocenters. The number of rotatable bonds is 5. The maximum Gasteiger partial charge on any atom is 0.137 e. The number of allylic oxidation sites excluding steroid dienone is 3. The van der Waals surface area contributed by atoms with Crippen molar-refractivity contribution in [3.05, 3.63) is 235 Å². The molecule has 0 N–H and O–H groups in total. The topological polar surface area (TPSA) is 30.5 Å². The molecule has 0 atom stereocenters. The second-order valence-electron chi connectivity index (χ2n) is 15.3. The highest BCUT2D eigenvalue weighted by atomic mass is 16.5. The average molecular weight is 757 g/mol. The van der Waals surface area contributed by atoms with Gasteiger partial charge in [0.25, 0.3) is 0 Å². The highest BCUT2D eigenvalue weighted by molar-refractivity contribution is 6.11. The maximum absolute atomic E-state index is 6.70. The van der Waals surface area contributed by atoms with E-state index in [0.29, 0.717) is 0 Å². The van der Waals surface area contributed by atoms with Gasteiger partial charge in [0.05, 0.1) is 27.8 Å². The molecular formula is C55H36N2O2. The molecule has 4 nitrogen and oxygen atoms in total. The molecule has 59 heavy (non-hydrogen) atoms. The fraction of sp³-hybridized carbons (Fsp3) is 0.0182. The molecule has 0 radical (unpaired) electrons. The third-order valence-electron chi connectivity index (χ3n) is 12.4. The highest BCUT2D eigenvalue weighted by Crippen LogP contribution is 2.62. The van der Waals surface area contributed by atoms with E-state index < -0.39 is 5.41 Å². The van der Waals surface area contributed by atoms with Crippen molar-refractivity contribution in [2.75, 3.05) is 4.90 Å². The Morgan fingerprint density at radius 1 is 0.458 bits per heavy atom. The molecular weight excluding hydrogens is 721 g/mol. The fourth-order valence-corrected chi connectivity index (χ4v) is 9.97. The number of nitrogens with zero attached hydrogens (tertiary/aromatic N) is 2. The van der Waals surface area contributed by atoms with Gasteiger partial charge in [-0.1, -0.05) is 122 Å². The first-order chi connectivity index (χ1) is 29.2. The minimum Gasteiger partial charge on any atom is -0.457 e. The molecule has 0 aliphatic carbocycles. The molecule has 2 aliphatic rings. The summed E-state index contributed by atoms with van der Waals surface area (Å²) in [6.07, 6.45) is 3.98. The Kier molecular flexibility index (Phi) is 7.11. The molecule has 2 aromatic heterocycles. The van der Waals surface area contributed by atoms with Crippen molar-refractivity contribution in [3.63, 3.8) is 0 Å². The van der Waals surface area contributed by atoms with Crippen molar-refractivity contribution >= 4 is 55.1 Å². The first-order valence-electron chi connectivity index (χ1n) is 20.0. The molecule has 0 saturated carbocycles. The summed E-state index contributed by atoms with van der Waals surface area (Å²) in [7, 11) is 0. The predicted molar refractivity (Wildman–Crippen MR) is 242 cm³/mol. The van der Waals surface area contributed by atoms with Crippen LogP contribution in [0.4, 0.5) is 11.4 Å². The number of hydrogen-bond donors (Lipinski definition) is 0. The Labute approximate surface area is 341 Å². The molecule has 1 spiro atoms. The number of hydrogen-bond acceptors (Lipinski definition) is 3. The summed E-state index contributed by atoms with van der Waals surface area (Å²) in [6, 6.07) is 64.7. The number of furan rings is 1. The summed E-state index contributed by atoms with van der Waals surface area (Å²) in [5.41, 5.74) is 13.9. The molecule has 0 amide bonds. The van der Waals surface area contributed by atoms with Gasteiger partial charge in [0, 0.05) is 50.1 Å². The lowest BCUT2D eigenvalue weighted by Crippen LogP contribution is -2.41. The number of anilines is 2. The summed E-state index contributed by atoms with van der Waals surface area (Å²) in [4.78, 5) is 2.32. The van der Waals surface area contributed by atoms with E-state index in [1.54, 1.807) is 0 Å². The third kappa shape index (κ3) is 4.60. The monoisotopic (exact) mass is 756 g/mol. The van der Waals surface area contributed by atoms with Gasteiger partial charge in [-0.3, -0.25) is 0 Å². The number of ether oxygens (including phenoxy) is 1. The van der Waals surface area contributed by atoms with E-state index in [-0.39, 0.29) is 0 Å². The highest BCUT2D eigenvalue weighted by Gasteiger charge is 2.51. The Bertz CT molecular complexity index is 3370. The number of para-hydroxylation sites is 5. The van der Waals surface area contributed by atoms with Crippen LogP contribution < -0.4 is 9.64 Å². The van der Waals surface area contributed by atoms with Crippen LogP contribution in [0, 0.1) is 0 Å². The van der Waals surface area contributed by atoms with Crippen LogP contribution in [0.2, 0.25) is 0 Å². The van der Waals surface area contributed by atoms with Gasteiger partial charge in [0.1, 0.15) is 22.7 Å². The summed E-state index contributed by atoms with van der Waals surface area (Å²) in [5, 5.41) is 4.60. The molecule has 4 heterocycles. The van der Waals surface area contributed by atoms with E-state index in [1.807, 2.05) is 36.4 Å². The second-order valence-corrected chi connectivity index (χ2v) is 15.3. The van der Waals surface area contributed by atoms with Crippen LogP contribution in [0.1, 0.15) is 16.7 Å². The van der Waals surface area contributed by atoms with Gasteiger partial charge in [-0.05, 0) is 101 Å². The van der Waals surface area contributed by atoms with Crippen LogP contribution in [0.5, 0.6) is 11.5 Å². The van der Waals surface area contributed by atoms with E-state index in [4.69, 9.17) is 9.15 Å². The normalized spacial score (nSPS) is 14.1. The molecule has 8 aromatic carbocycles. The van der Waals surface area contributed by atoms with Crippen molar-refractivity contribution < 1.29 is 9.15 Å². The molecule has 0 saturated heterocycles. The largest absolute Gasteiger partial charge is 0.457 e. The molecule has 4 heteroatoms. The van der Waals surface area contributed by atoms with Crippen molar-refractivity contribution in [3.8, 4) is 28.3 Å². The van der Waals surface area contributed by atoms with Gasteiger partial charge in [-0.2, -0.15) is 0 Å². The zero-order valence-corrected chi connectivity index (χ0v) is 32.1. The number of benzene rings is 8. The van der Waals surface area contributed by atoms with Gasteiger partial charge in [-0.25, -0.2) is 0 Å². The quantitative estimate of drug-likeness (QED) is 0.175. The summed E-state index contributed by atoms with van der Waals surface area (Å²) < 4.78 is 15.5. The summed E-state index contributed by atoms with van der Waals surface area (Å²) in [5.74, 6) is 1.63. The lowest BCUT2D eigenvalue weighted by Gasteiger charge is -2.49. The van der Waals surface area contributed by atoms with Crippen LogP contribution in [0.15, 0.2) is 223 Å². The van der Waals surface area contributed by atoms with E-state index in [9.17, 15) is 0 Å². The van der Waals surface area contributed by atoms with E-state index in [0.717, 1.165) is 89.6 Å². The molecule has 0 bridgehead atoms. The molecule has 0 fully saturated rings. The second kappa shape index (κ2) is 12.6. The molecule has 12 rings (SSSR count). The Balaban J connectivity index is 1.15. The van der Waals surface area contributed by atoms with Crippen LogP contribution in [-0.4, -0.2) is 4.57 Å². The van der Waals surface area contributed by atoms with Crippen molar-refractivity contribution in [2.45, 2.75) is 5.41 Å². The Morgan fingerprint density at radius 2 is 1.10 bits per heavy atom. The first kappa shape index (κ1) is 33.3. The summed E-state index contributed by atoms with van der Waals surface area (Å²) >= 11 is 0. The standard InChI is InChI=1S/C55H36N2O2/c1-3-43-47(4-2)57(38-28-29-41-40-19-9-13-23-51(40)58-54(41)34-38)50-31-27-36(33-46(50)55(43)44-20-10-14-24-52(44)59-53-25-15-11-21-45(53)55)35-26-30-49-42(32-35)39-18-8-12-22-48(39)56(49)37-16-6-5-7-17-37/h3-34H,1-2H2. The lowest BCUT2D eigenvalue weighted by atomic mass is 9.60. The minimum atomic E-state index is -0.782. The van der Waals surface area contributed by atoms with Crippen LogP contribution in [0.3, 0.4) is 0 Å². The van der Waals surface area contributed by atoms with E-state index in [2.05, 4.69) is 180 Å². The summed E-state index contributed by atoms with van der Waals surface area (Å²) in [6.45, 7) is 8.99. The van der Waals surface area contributed by atoms with E-state index in [1.165, 1.54) is 21.8 Å². The number of aromatic nitrogens is 1. The number of fused-ring (bicyclic) bond motifs is 12. The Morgan fingerprint density at radius 3 is 1.88 bits per heavy atom. The van der Waals surface area contributed by atoms with Crippen LogP contribution >= 0.6 is 0 Å². The van der Waals surface area contributed by atoms with E-state index >= 15 is 0 Å². The van der Waals surface area contributed by atoms with Crippen molar-refractivity contribution in [1.29, 1.82) is 0 Å². The fourth-order valence-electron chi connectivity index (χ4n) is 9.97. The zero-order valence-electron chi connectivity index (χ0n) is 32.1. The van der Waals surface area contributed by atoms with Gasteiger partial charge in [0.15, 0.2) is 0 Å². The van der Waals surface area contributed by atoms with Crippen LogP contribution in [0.25, 0.3) is 60.6 Å². The average Bonchev–Trinajstić information content (AvgIpc) is 3.84. The smallest absolute Gasteiger partial charge is 0.137 e.